The molecule has 0 N–H and O–H groups in total. The Labute approximate surface area is 114 Å². The van der Waals surface area contributed by atoms with Crippen LogP contribution in [0, 0.1) is 5.92 Å². The molecule has 2 aromatic heterocycles. The van der Waals surface area contributed by atoms with E-state index in [9.17, 15) is 0 Å². The molecule has 1 aliphatic rings. The van der Waals surface area contributed by atoms with Crippen molar-refractivity contribution in [1.82, 2.24) is 20.3 Å². The highest BCUT2D eigenvalue weighted by Gasteiger charge is 2.39. The average Bonchev–Trinajstić information content (AvgIpc) is 2.94. The summed E-state index contributed by atoms with van der Waals surface area (Å²) in [6.07, 6.45) is 1.10. The van der Waals surface area contributed by atoms with Crippen LogP contribution in [0.3, 0.4) is 0 Å². The third-order valence-corrected chi connectivity index (χ3v) is 3.51. The lowest BCUT2D eigenvalue weighted by molar-refractivity contribution is 0.375. The number of nitrogens with zero attached hydrogens (tertiary/aromatic N) is 4. The van der Waals surface area contributed by atoms with Gasteiger partial charge in [0.1, 0.15) is 0 Å². The predicted octanol–water partition coefficient (Wildman–Crippen LogP) is 2.91. The van der Waals surface area contributed by atoms with E-state index < -0.39 is 0 Å². The lowest BCUT2D eigenvalue weighted by Crippen LogP contribution is -1.83. The van der Waals surface area contributed by atoms with Crippen LogP contribution >= 0.6 is 0 Å². The number of benzene rings is 1. The van der Waals surface area contributed by atoms with Crippen molar-refractivity contribution in [2.75, 3.05) is 0 Å². The van der Waals surface area contributed by atoms with Crippen molar-refractivity contribution in [3.05, 3.63) is 36.2 Å². The van der Waals surface area contributed by atoms with Gasteiger partial charge in [0.15, 0.2) is 0 Å². The Morgan fingerprint density at radius 3 is 2.60 bits per heavy atom. The number of hydrogen-bond acceptors (Lipinski definition) is 6. The minimum atomic E-state index is 0.284. The molecular formula is C14H12N4O2. The molecule has 2 atom stereocenters. The zero-order valence-corrected chi connectivity index (χ0v) is 10.9. The van der Waals surface area contributed by atoms with Crippen molar-refractivity contribution < 1.29 is 8.94 Å². The van der Waals surface area contributed by atoms with E-state index in [0.29, 0.717) is 29.4 Å². The molecule has 0 saturated heterocycles. The van der Waals surface area contributed by atoms with Crippen molar-refractivity contribution in [2.45, 2.75) is 19.3 Å². The predicted molar refractivity (Wildman–Crippen MR) is 69.5 cm³/mol. The fraction of sp³-hybridized carbons (Fsp3) is 0.286. The summed E-state index contributed by atoms with van der Waals surface area (Å²) in [4.78, 5) is 4.33. The molecule has 20 heavy (non-hydrogen) atoms. The SMILES string of the molecule is C[C@@H]1C[C@H]1c1nc(-c2nnc(-c3ccccc3)o2)no1. The molecule has 2 heterocycles. The second-order valence-electron chi connectivity index (χ2n) is 5.05. The maximum Gasteiger partial charge on any atom is 0.289 e. The van der Waals surface area contributed by atoms with Gasteiger partial charge in [-0.1, -0.05) is 30.3 Å². The van der Waals surface area contributed by atoms with Crippen molar-refractivity contribution in [3.8, 4) is 23.2 Å². The molecule has 6 heteroatoms. The number of rotatable bonds is 3. The van der Waals surface area contributed by atoms with Gasteiger partial charge in [0.2, 0.25) is 11.8 Å². The molecule has 6 nitrogen and oxygen atoms in total. The van der Waals surface area contributed by atoms with Crippen LogP contribution in [0.2, 0.25) is 0 Å². The highest BCUT2D eigenvalue weighted by Crippen LogP contribution is 2.46. The molecule has 0 amide bonds. The normalized spacial score (nSPS) is 21.1. The summed E-state index contributed by atoms with van der Waals surface area (Å²) in [6, 6.07) is 9.58. The minimum Gasteiger partial charge on any atom is -0.413 e. The van der Waals surface area contributed by atoms with Crippen LogP contribution in [0.1, 0.15) is 25.2 Å². The lowest BCUT2D eigenvalue weighted by atomic mass is 10.2. The maximum atomic E-state index is 5.59. The molecule has 1 fully saturated rings. The highest BCUT2D eigenvalue weighted by atomic mass is 16.5. The Balaban J connectivity index is 1.63. The summed E-state index contributed by atoms with van der Waals surface area (Å²) in [6.45, 7) is 2.16. The standard InChI is InChI=1S/C14H12N4O2/c1-8-7-10(8)13-15-11(18-20-13)14-17-16-12(19-14)9-5-3-2-4-6-9/h2-6,8,10H,7H2,1H3/t8-,10-/m1/s1. The van der Waals surface area contributed by atoms with Crippen molar-refractivity contribution in [2.24, 2.45) is 5.92 Å². The van der Waals surface area contributed by atoms with Crippen LogP contribution in [0.15, 0.2) is 39.3 Å². The van der Waals surface area contributed by atoms with Gasteiger partial charge >= 0.3 is 0 Å². The van der Waals surface area contributed by atoms with Gasteiger partial charge in [-0.05, 0) is 24.5 Å². The van der Waals surface area contributed by atoms with Crippen LogP contribution in [0.25, 0.3) is 23.2 Å². The molecule has 1 saturated carbocycles. The molecule has 0 spiro atoms. The Morgan fingerprint density at radius 2 is 1.85 bits per heavy atom. The monoisotopic (exact) mass is 268 g/mol. The van der Waals surface area contributed by atoms with E-state index in [1.165, 1.54) is 0 Å². The van der Waals surface area contributed by atoms with Crippen molar-refractivity contribution >= 4 is 0 Å². The summed E-state index contributed by atoms with van der Waals surface area (Å²) in [5, 5.41) is 11.9. The van der Waals surface area contributed by atoms with E-state index in [4.69, 9.17) is 8.94 Å². The van der Waals surface area contributed by atoms with Gasteiger partial charge in [0.05, 0.1) is 0 Å². The lowest BCUT2D eigenvalue weighted by Gasteiger charge is -1.90. The quantitative estimate of drug-likeness (QED) is 0.726. The molecule has 0 unspecified atom stereocenters. The second kappa shape index (κ2) is 4.26. The van der Waals surface area contributed by atoms with E-state index in [0.717, 1.165) is 12.0 Å². The van der Waals surface area contributed by atoms with Gasteiger partial charge in [-0.25, -0.2) is 0 Å². The van der Waals surface area contributed by atoms with E-state index >= 15 is 0 Å². The molecule has 0 bridgehead atoms. The first-order valence-corrected chi connectivity index (χ1v) is 6.54. The largest absolute Gasteiger partial charge is 0.413 e. The molecule has 0 radical (unpaired) electrons. The third kappa shape index (κ3) is 1.89. The molecule has 4 rings (SSSR count). The van der Waals surface area contributed by atoms with Gasteiger partial charge in [-0.2, -0.15) is 4.98 Å². The van der Waals surface area contributed by atoms with Crippen LogP contribution in [0.4, 0.5) is 0 Å². The summed E-state index contributed by atoms with van der Waals surface area (Å²) in [7, 11) is 0. The zero-order chi connectivity index (χ0) is 13.5. The number of aromatic nitrogens is 4. The molecule has 3 aromatic rings. The summed E-state index contributed by atoms with van der Waals surface area (Å²) < 4.78 is 10.8. The first-order chi connectivity index (χ1) is 9.81. The Bertz CT molecular complexity index is 734. The summed E-state index contributed by atoms with van der Waals surface area (Å²) >= 11 is 0. The average molecular weight is 268 g/mol. The first kappa shape index (κ1) is 11.3. The van der Waals surface area contributed by atoms with E-state index in [2.05, 4.69) is 27.3 Å². The molecule has 1 aliphatic carbocycles. The van der Waals surface area contributed by atoms with Gasteiger partial charge in [-0.15, -0.1) is 10.2 Å². The summed E-state index contributed by atoms with van der Waals surface area (Å²) in [5.41, 5.74) is 0.866. The van der Waals surface area contributed by atoms with Gasteiger partial charge in [-0.3, -0.25) is 0 Å². The smallest absolute Gasteiger partial charge is 0.289 e. The van der Waals surface area contributed by atoms with Gasteiger partial charge in [0.25, 0.3) is 11.7 Å². The highest BCUT2D eigenvalue weighted by molar-refractivity contribution is 5.54. The van der Waals surface area contributed by atoms with Crippen molar-refractivity contribution in [3.63, 3.8) is 0 Å². The summed E-state index contributed by atoms with van der Waals surface area (Å²) in [5.74, 6) is 2.75. The van der Waals surface area contributed by atoms with Crippen LogP contribution in [-0.4, -0.2) is 20.3 Å². The van der Waals surface area contributed by atoms with E-state index in [-0.39, 0.29) is 5.89 Å². The van der Waals surface area contributed by atoms with Gasteiger partial charge in [0, 0.05) is 11.5 Å². The van der Waals surface area contributed by atoms with Gasteiger partial charge < -0.3 is 8.94 Å². The fourth-order valence-corrected chi connectivity index (χ4v) is 2.15. The zero-order valence-electron chi connectivity index (χ0n) is 10.9. The maximum absolute atomic E-state index is 5.59. The molecule has 0 aliphatic heterocycles. The number of hydrogen-bond donors (Lipinski definition) is 0. The minimum absolute atomic E-state index is 0.284. The fourth-order valence-electron chi connectivity index (χ4n) is 2.15. The van der Waals surface area contributed by atoms with Crippen molar-refractivity contribution in [1.29, 1.82) is 0 Å². The second-order valence-corrected chi connectivity index (χ2v) is 5.05. The van der Waals surface area contributed by atoms with Crippen LogP contribution in [0.5, 0.6) is 0 Å². The Morgan fingerprint density at radius 1 is 1.10 bits per heavy atom. The van der Waals surface area contributed by atoms with E-state index in [1.54, 1.807) is 0 Å². The molecule has 100 valence electrons. The Hall–Kier alpha value is -2.50. The van der Waals surface area contributed by atoms with Crippen LogP contribution in [-0.2, 0) is 0 Å². The molecular weight excluding hydrogens is 256 g/mol. The first-order valence-electron chi connectivity index (χ1n) is 6.54. The topological polar surface area (TPSA) is 77.8 Å². The van der Waals surface area contributed by atoms with E-state index in [1.807, 2.05) is 30.3 Å². The van der Waals surface area contributed by atoms with Crippen LogP contribution < -0.4 is 0 Å². The third-order valence-electron chi connectivity index (χ3n) is 3.51. The molecule has 1 aromatic carbocycles. The Kier molecular flexibility index (Phi) is 2.42.